The smallest absolute Gasteiger partial charge is 0.157 e. The van der Waals surface area contributed by atoms with E-state index in [0.29, 0.717) is 5.69 Å². The van der Waals surface area contributed by atoms with Gasteiger partial charge in [0.1, 0.15) is 17.8 Å². The summed E-state index contributed by atoms with van der Waals surface area (Å²) in [5, 5.41) is 0. The molecular weight excluding hydrogens is 388 g/mol. The molecule has 0 aliphatic carbocycles. The Hall–Kier alpha value is -3.55. The highest BCUT2D eigenvalue weighted by Crippen LogP contribution is 2.31. The molecule has 0 spiro atoms. The Morgan fingerprint density at radius 2 is 1.13 bits per heavy atom. The van der Waals surface area contributed by atoms with Crippen molar-refractivity contribution in [3.05, 3.63) is 61.1 Å². The maximum Gasteiger partial charge on any atom is 0.157 e. The molecule has 2 fully saturated rings. The van der Waals surface area contributed by atoms with Gasteiger partial charge in [-0.1, -0.05) is 24.3 Å². The minimum Gasteiger partial charge on any atom is -0.393 e. The average molecular weight is 417 g/mol. The number of nitrogens with zero attached hydrogens (tertiary/aromatic N) is 7. The molecule has 0 bridgehead atoms. The second-order valence-corrected chi connectivity index (χ2v) is 7.91. The third-order valence-electron chi connectivity index (χ3n) is 6.09. The standard InChI is InChI=1S/C23H28N8/c24-21-22(30-14-10-28(11-15-30)19-6-2-1-3-7-19)26-18-27-23(21)31-16-12-29(13-17-31)20-8-4-5-9-25-20/h1-9,18H,10-17,24H2. The molecule has 0 amide bonds. The summed E-state index contributed by atoms with van der Waals surface area (Å²) in [5.74, 6) is 2.72. The molecule has 3 aromatic rings. The van der Waals surface area contributed by atoms with Crippen molar-refractivity contribution >= 4 is 28.8 Å². The van der Waals surface area contributed by atoms with E-state index >= 15 is 0 Å². The number of pyridine rings is 1. The third kappa shape index (κ3) is 4.05. The van der Waals surface area contributed by atoms with Crippen LogP contribution < -0.4 is 25.3 Å². The van der Waals surface area contributed by atoms with Gasteiger partial charge in [0, 0.05) is 64.2 Å². The number of rotatable bonds is 4. The second kappa shape index (κ2) is 8.67. The third-order valence-corrected chi connectivity index (χ3v) is 6.09. The number of piperazine rings is 2. The highest BCUT2D eigenvalue weighted by Gasteiger charge is 2.25. The molecule has 2 aromatic heterocycles. The Labute approximate surface area is 182 Å². The van der Waals surface area contributed by atoms with Crippen LogP contribution in [0.15, 0.2) is 61.1 Å². The molecule has 8 nitrogen and oxygen atoms in total. The van der Waals surface area contributed by atoms with E-state index < -0.39 is 0 Å². The number of aromatic nitrogens is 3. The first kappa shape index (κ1) is 19.4. The predicted molar refractivity (Wildman–Crippen MR) is 126 cm³/mol. The van der Waals surface area contributed by atoms with E-state index in [1.54, 1.807) is 6.33 Å². The largest absolute Gasteiger partial charge is 0.393 e. The summed E-state index contributed by atoms with van der Waals surface area (Å²) < 4.78 is 0. The molecule has 0 unspecified atom stereocenters. The fourth-order valence-corrected chi connectivity index (χ4v) is 4.38. The molecule has 0 atom stereocenters. The molecule has 4 heterocycles. The summed E-state index contributed by atoms with van der Waals surface area (Å²) in [6.45, 7) is 7.19. The molecule has 2 aliphatic rings. The van der Waals surface area contributed by atoms with Gasteiger partial charge in [-0.25, -0.2) is 15.0 Å². The van der Waals surface area contributed by atoms with Crippen LogP contribution in [0.3, 0.4) is 0 Å². The number of hydrogen-bond donors (Lipinski definition) is 1. The summed E-state index contributed by atoms with van der Waals surface area (Å²) >= 11 is 0. The number of benzene rings is 1. The number of para-hydroxylation sites is 1. The SMILES string of the molecule is Nc1c(N2CCN(c3ccccc3)CC2)ncnc1N1CCN(c2ccccn2)CC1. The molecule has 2 aliphatic heterocycles. The molecule has 160 valence electrons. The van der Waals surface area contributed by atoms with E-state index in [9.17, 15) is 0 Å². The monoisotopic (exact) mass is 416 g/mol. The second-order valence-electron chi connectivity index (χ2n) is 7.91. The molecule has 0 radical (unpaired) electrons. The van der Waals surface area contributed by atoms with Gasteiger partial charge in [0.25, 0.3) is 0 Å². The molecule has 2 N–H and O–H groups in total. The van der Waals surface area contributed by atoms with Crippen LogP contribution >= 0.6 is 0 Å². The minimum atomic E-state index is 0.682. The van der Waals surface area contributed by atoms with Crippen LogP contribution in [0.1, 0.15) is 0 Å². The van der Waals surface area contributed by atoms with Crippen LogP contribution in [-0.2, 0) is 0 Å². The van der Waals surface area contributed by atoms with E-state index in [2.05, 4.69) is 70.9 Å². The fourth-order valence-electron chi connectivity index (χ4n) is 4.38. The number of nitrogen functional groups attached to an aromatic ring is 1. The maximum atomic E-state index is 6.59. The van der Waals surface area contributed by atoms with Crippen molar-refractivity contribution in [1.29, 1.82) is 0 Å². The number of hydrogen-bond acceptors (Lipinski definition) is 8. The van der Waals surface area contributed by atoms with Crippen molar-refractivity contribution in [3.63, 3.8) is 0 Å². The topological polar surface area (TPSA) is 77.7 Å². The molecular formula is C23H28N8. The quantitative estimate of drug-likeness (QED) is 0.693. The van der Waals surface area contributed by atoms with Gasteiger partial charge in [-0.05, 0) is 24.3 Å². The van der Waals surface area contributed by atoms with E-state index in [4.69, 9.17) is 5.73 Å². The van der Waals surface area contributed by atoms with Gasteiger partial charge in [-0.2, -0.15) is 0 Å². The van der Waals surface area contributed by atoms with E-state index in [0.717, 1.165) is 69.8 Å². The van der Waals surface area contributed by atoms with E-state index in [1.807, 2.05) is 18.3 Å². The van der Waals surface area contributed by atoms with Crippen LogP contribution in [0.2, 0.25) is 0 Å². The van der Waals surface area contributed by atoms with Gasteiger partial charge in [0.2, 0.25) is 0 Å². The van der Waals surface area contributed by atoms with Crippen molar-refractivity contribution < 1.29 is 0 Å². The number of nitrogens with two attached hydrogens (primary N) is 1. The van der Waals surface area contributed by atoms with Gasteiger partial charge in [-0.3, -0.25) is 0 Å². The minimum absolute atomic E-state index is 0.682. The highest BCUT2D eigenvalue weighted by molar-refractivity contribution is 5.76. The van der Waals surface area contributed by atoms with Gasteiger partial charge in [0.05, 0.1) is 0 Å². The molecule has 8 heteroatoms. The number of anilines is 5. The van der Waals surface area contributed by atoms with E-state index in [-0.39, 0.29) is 0 Å². The summed E-state index contributed by atoms with van der Waals surface area (Å²) in [4.78, 5) is 22.8. The summed E-state index contributed by atoms with van der Waals surface area (Å²) in [6, 6.07) is 16.6. The van der Waals surface area contributed by atoms with Crippen LogP contribution in [0.25, 0.3) is 0 Å². The Morgan fingerprint density at radius 3 is 1.71 bits per heavy atom. The van der Waals surface area contributed by atoms with E-state index in [1.165, 1.54) is 5.69 Å². The maximum absolute atomic E-state index is 6.59. The summed E-state index contributed by atoms with van der Waals surface area (Å²) in [6.07, 6.45) is 3.49. The Balaban J connectivity index is 1.25. The summed E-state index contributed by atoms with van der Waals surface area (Å²) in [5.41, 5.74) is 8.54. The van der Waals surface area contributed by atoms with Crippen molar-refractivity contribution in [2.45, 2.75) is 0 Å². The molecule has 5 rings (SSSR count). The van der Waals surface area contributed by atoms with Crippen molar-refractivity contribution in [1.82, 2.24) is 15.0 Å². The summed E-state index contributed by atoms with van der Waals surface area (Å²) in [7, 11) is 0. The predicted octanol–water partition coefficient (Wildman–Crippen LogP) is 2.11. The molecule has 31 heavy (non-hydrogen) atoms. The van der Waals surface area contributed by atoms with Crippen LogP contribution in [0, 0.1) is 0 Å². The first-order valence-electron chi connectivity index (χ1n) is 10.9. The van der Waals surface area contributed by atoms with Crippen LogP contribution in [0.5, 0.6) is 0 Å². The zero-order valence-corrected chi connectivity index (χ0v) is 17.6. The van der Waals surface area contributed by atoms with Gasteiger partial charge < -0.3 is 25.3 Å². The van der Waals surface area contributed by atoms with Gasteiger partial charge >= 0.3 is 0 Å². The Bertz CT molecular complexity index is 903. The van der Waals surface area contributed by atoms with Crippen molar-refractivity contribution in [2.24, 2.45) is 0 Å². The fraction of sp³-hybridized carbons (Fsp3) is 0.348. The Morgan fingerprint density at radius 1 is 0.581 bits per heavy atom. The zero-order chi connectivity index (χ0) is 21.0. The molecule has 2 saturated heterocycles. The van der Waals surface area contributed by atoms with Crippen LogP contribution in [-0.4, -0.2) is 67.3 Å². The highest BCUT2D eigenvalue weighted by atomic mass is 15.3. The Kier molecular flexibility index (Phi) is 5.43. The van der Waals surface area contributed by atoms with Crippen molar-refractivity contribution in [2.75, 3.05) is 77.7 Å². The first-order chi connectivity index (χ1) is 15.3. The van der Waals surface area contributed by atoms with Gasteiger partial charge in [0.15, 0.2) is 11.6 Å². The molecule has 1 aromatic carbocycles. The first-order valence-corrected chi connectivity index (χ1v) is 10.9. The van der Waals surface area contributed by atoms with Gasteiger partial charge in [-0.15, -0.1) is 0 Å². The normalized spacial score (nSPS) is 17.2. The molecule has 0 saturated carbocycles. The zero-order valence-electron chi connectivity index (χ0n) is 17.6. The average Bonchev–Trinajstić information content (AvgIpc) is 2.86. The lowest BCUT2D eigenvalue weighted by atomic mass is 10.2. The lowest BCUT2D eigenvalue weighted by Crippen LogP contribution is -2.48. The van der Waals surface area contributed by atoms with Crippen molar-refractivity contribution in [3.8, 4) is 0 Å². The van der Waals surface area contributed by atoms with Crippen LogP contribution in [0.4, 0.5) is 28.8 Å². The lowest BCUT2D eigenvalue weighted by Gasteiger charge is -2.39. The lowest BCUT2D eigenvalue weighted by molar-refractivity contribution is 0.636.